The van der Waals surface area contributed by atoms with Gasteiger partial charge in [0.1, 0.15) is 16.6 Å². The third-order valence-electron chi connectivity index (χ3n) is 2.36. The molecule has 0 aliphatic heterocycles. The van der Waals surface area contributed by atoms with Crippen LogP contribution < -0.4 is 21.1 Å². The number of imide groups is 1. The number of amides is 3. The van der Waals surface area contributed by atoms with Crippen LogP contribution >= 0.6 is 12.2 Å². The highest BCUT2D eigenvalue weighted by Crippen LogP contribution is 2.22. The second kappa shape index (κ2) is 6.80. The summed E-state index contributed by atoms with van der Waals surface area (Å²) in [5.41, 5.74) is 5.33. The molecule has 0 spiro atoms. The van der Waals surface area contributed by atoms with Crippen LogP contribution in [0.3, 0.4) is 0 Å². The van der Waals surface area contributed by atoms with Crippen molar-refractivity contribution < 1.29 is 18.7 Å². The van der Waals surface area contributed by atoms with Gasteiger partial charge in [-0.15, -0.1) is 0 Å². The van der Waals surface area contributed by atoms with Gasteiger partial charge in [-0.2, -0.15) is 0 Å². The minimum atomic E-state index is -1.03. The van der Waals surface area contributed by atoms with Crippen LogP contribution in [0.25, 0.3) is 0 Å². The van der Waals surface area contributed by atoms with Crippen molar-refractivity contribution in [3.63, 3.8) is 0 Å². The molecule has 1 rings (SSSR count). The van der Waals surface area contributed by atoms with Crippen LogP contribution in [0.15, 0.2) is 18.2 Å². The van der Waals surface area contributed by atoms with Crippen LogP contribution in [0.2, 0.25) is 0 Å². The molecule has 1 unspecified atom stereocenters. The van der Waals surface area contributed by atoms with Crippen LogP contribution in [0.4, 0.5) is 9.18 Å². The van der Waals surface area contributed by atoms with Gasteiger partial charge in [0.25, 0.3) is 5.91 Å². The molecule has 8 heteroatoms. The van der Waals surface area contributed by atoms with E-state index in [4.69, 9.17) is 22.7 Å². The van der Waals surface area contributed by atoms with E-state index in [1.807, 2.05) is 5.32 Å². The van der Waals surface area contributed by atoms with Crippen LogP contribution in [0, 0.1) is 5.82 Å². The predicted molar refractivity (Wildman–Crippen MR) is 75.0 cm³/mol. The standard InChI is InChI=1S/C12H14FN3O3S/c1-6(11(17)16-12(18)15-2)19-8-5-3-4-7(13)9(8)10(14)20/h3-6H,1-2H3,(H2,14,20)(H2,15,16,17,18). The van der Waals surface area contributed by atoms with E-state index in [1.165, 1.54) is 32.2 Å². The molecule has 0 radical (unpaired) electrons. The molecule has 1 aromatic carbocycles. The van der Waals surface area contributed by atoms with Crippen molar-refractivity contribution in [2.75, 3.05) is 7.05 Å². The summed E-state index contributed by atoms with van der Waals surface area (Å²) in [4.78, 5) is 22.5. The first-order chi connectivity index (χ1) is 9.36. The normalized spacial score (nSPS) is 11.3. The molecule has 1 aromatic rings. The highest BCUT2D eigenvalue weighted by molar-refractivity contribution is 7.80. The second-order valence-electron chi connectivity index (χ2n) is 3.81. The summed E-state index contributed by atoms with van der Waals surface area (Å²) >= 11 is 4.74. The van der Waals surface area contributed by atoms with Crippen molar-refractivity contribution in [2.45, 2.75) is 13.0 Å². The molecule has 0 aliphatic carbocycles. The van der Waals surface area contributed by atoms with E-state index in [-0.39, 0.29) is 16.3 Å². The molecule has 6 nitrogen and oxygen atoms in total. The Labute approximate surface area is 120 Å². The minimum absolute atomic E-state index is 0.0389. The number of hydrogen-bond acceptors (Lipinski definition) is 4. The summed E-state index contributed by atoms with van der Waals surface area (Å²) in [7, 11) is 1.37. The number of rotatable bonds is 4. The molecule has 108 valence electrons. The maximum absolute atomic E-state index is 13.6. The van der Waals surface area contributed by atoms with E-state index in [9.17, 15) is 14.0 Å². The third kappa shape index (κ3) is 3.89. The molecule has 3 amide bonds. The number of hydrogen-bond donors (Lipinski definition) is 3. The summed E-state index contributed by atoms with van der Waals surface area (Å²) in [5.74, 6) is -1.28. The van der Waals surface area contributed by atoms with Crippen LogP contribution in [-0.4, -0.2) is 30.1 Å². The van der Waals surface area contributed by atoms with Crippen LogP contribution in [0.5, 0.6) is 5.75 Å². The molecule has 0 bridgehead atoms. The number of carbonyl (C=O) groups is 2. The lowest BCUT2D eigenvalue weighted by Gasteiger charge is -2.16. The average Bonchev–Trinajstić information content (AvgIpc) is 2.37. The number of nitrogens with one attached hydrogen (secondary N) is 2. The maximum Gasteiger partial charge on any atom is 0.321 e. The first-order valence-corrected chi connectivity index (χ1v) is 6.05. The molecule has 0 aromatic heterocycles. The van der Waals surface area contributed by atoms with E-state index in [0.29, 0.717) is 0 Å². The van der Waals surface area contributed by atoms with Gasteiger partial charge >= 0.3 is 6.03 Å². The van der Waals surface area contributed by atoms with E-state index in [0.717, 1.165) is 0 Å². The van der Waals surface area contributed by atoms with Gasteiger partial charge in [-0.05, 0) is 19.1 Å². The Morgan fingerprint density at radius 2 is 2.10 bits per heavy atom. The first-order valence-electron chi connectivity index (χ1n) is 5.64. The molecule has 0 heterocycles. The lowest BCUT2D eigenvalue weighted by Crippen LogP contribution is -2.44. The SMILES string of the molecule is CNC(=O)NC(=O)C(C)Oc1cccc(F)c1C(N)=S. The Kier molecular flexibility index (Phi) is 5.39. The van der Waals surface area contributed by atoms with E-state index < -0.39 is 23.9 Å². The number of nitrogens with two attached hydrogens (primary N) is 1. The summed E-state index contributed by atoms with van der Waals surface area (Å²) < 4.78 is 18.9. The average molecular weight is 299 g/mol. The quantitative estimate of drug-likeness (QED) is 0.711. The summed E-state index contributed by atoms with van der Waals surface area (Å²) in [6, 6.07) is 3.34. The zero-order valence-corrected chi connectivity index (χ0v) is 11.7. The molecular weight excluding hydrogens is 285 g/mol. The van der Waals surface area contributed by atoms with Crippen molar-refractivity contribution in [1.29, 1.82) is 0 Å². The molecule has 0 saturated heterocycles. The Bertz CT molecular complexity index is 551. The molecule has 0 fully saturated rings. The highest BCUT2D eigenvalue weighted by atomic mass is 32.1. The predicted octanol–water partition coefficient (Wildman–Crippen LogP) is 0.683. The van der Waals surface area contributed by atoms with Crippen molar-refractivity contribution >= 4 is 29.1 Å². The molecule has 0 saturated carbocycles. The largest absolute Gasteiger partial charge is 0.480 e. The first kappa shape index (κ1) is 15.8. The Hall–Kier alpha value is -2.22. The number of benzene rings is 1. The van der Waals surface area contributed by atoms with Crippen molar-refractivity contribution in [1.82, 2.24) is 10.6 Å². The van der Waals surface area contributed by atoms with Gasteiger partial charge in [-0.3, -0.25) is 10.1 Å². The fourth-order valence-corrected chi connectivity index (χ4v) is 1.56. The fourth-order valence-electron chi connectivity index (χ4n) is 1.36. The third-order valence-corrected chi connectivity index (χ3v) is 2.56. The van der Waals surface area contributed by atoms with Crippen LogP contribution in [0.1, 0.15) is 12.5 Å². The lowest BCUT2D eigenvalue weighted by molar-refractivity contribution is -0.126. The van der Waals surface area contributed by atoms with E-state index >= 15 is 0 Å². The van der Waals surface area contributed by atoms with Gasteiger partial charge in [-0.25, -0.2) is 9.18 Å². The zero-order valence-electron chi connectivity index (χ0n) is 10.9. The van der Waals surface area contributed by atoms with Gasteiger partial charge < -0.3 is 15.8 Å². The highest BCUT2D eigenvalue weighted by Gasteiger charge is 2.20. The van der Waals surface area contributed by atoms with Gasteiger partial charge in [0, 0.05) is 7.05 Å². The minimum Gasteiger partial charge on any atom is -0.480 e. The number of urea groups is 1. The summed E-state index contributed by atoms with van der Waals surface area (Å²) in [6.45, 7) is 1.41. The Balaban J connectivity index is 2.88. The molecule has 1 atom stereocenters. The number of ether oxygens (including phenoxy) is 1. The van der Waals surface area contributed by atoms with E-state index in [2.05, 4.69) is 5.32 Å². The molecule has 20 heavy (non-hydrogen) atoms. The van der Waals surface area contributed by atoms with Crippen molar-refractivity contribution in [3.05, 3.63) is 29.6 Å². The van der Waals surface area contributed by atoms with Gasteiger partial charge in [0.05, 0.1) is 5.56 Å². The molecule has 4 N–H and O–H groups in total. The topological polar surface area (TPSA) is 93.5 Å². The van der Waals surface area contributed by atoms with Gasteiger partial charge in [0.2, 0.25) is 0 Å². The van der Waals surface area contributed by atoms with Gasteiger partial charge in [-0.1, -0.05) is 18.3 Å². The fraction of sp³-hybridized carbons (Fsp3) is 0.250. The number of halogens is 1. The monoisotopic (exact) mass is 299 g/mol. The van der Waals surface area contributed by atoms with Crippen LogP contribution in [-0.2, 0) is 4.79 Å². The van der Waals surface area contributed by atoms with E-state index in [1.54, 1.807) is 0 Å². The zero-order chi connectivity index (χ0) is 15.3. The molecular formula is C12H14FN3O3S. The van der Waals surface area contributed by atoms with Gasteiger partial charge in [0.15, 0.2) is 6.10 Å². The maximum atomic E-state index is 13.6. The summed E-state index contributed by atoms with van der Waals surface area (Å²) in [6.07, 6.45) is -1.03. The second-order valence-corrected chi connectivity index (χ2v) is 4.25. The number of carbonyl (C=O) groups excluding carboxylic acids is 2. The van der Waals surface area contributed by atoms with Crippen molar-refractivity contribution in [3.8, 4) is 5.75 Å². The number of thiocarbonyl (C=S) groups is 1. The summed E-state index contributed by atoms with van der Waals surface area (Å²) in [5, 5.41) is 4.27. The lowest BCUT2D eigenvalue weighted by atomic mass is 10.2. The Morgan fingerprint density at radius 3 is 2.65 bits per heavy atom. The van der Waals surface area contributed by atoms with Crippen molar-refractivity contribution in [2.24, 2.45) is 5.73 Å². The smallest absolute Gasteiger partial charge is 0.321 e. The Morgan fingerprint density at radius 1 is 1.45 bits per heavy atom. The molecule has 0 aliphatic rings.